The van der Waals surface area contributed by atoms with E-state index in [-0.39, 0.29) is 5.60 Å². The van der Waals surface area contributed by atoms with Crippen molar-refractivity contribution in [2.24, 2.45) is 0 Å². The summed E-state index contributed by atoms with van der Waals surface area (Å²) in [6, 6.07) is 5.73. The number of nitrogens with one attached hydrogen (secondary N) is 1. The lowest BCUT2D eigenvalue weighted by Crippen LogP contribution is -2.32. The Labute approximate surface area is 109 Å². The number of hydrogen-bond acceptors (Lipinski definition) is 4. The zero-order valence-electron chi connectivity index (χ0n) is 11.7. The lowest BCUT2D eigenvalue weighted by molar-refractivity contribution is 0.0344. The average Bonchev–Trinajstić information content (AvgIpc) is 2.36. The van der Waals surface area contributed by atoms with Crippen molar-refractivity contribution in [1.29, 1.82) is 0 Å². The Hall–Kier alpha value is -1.42. The van der Waals surface area contributed by atoms with E-state index < -0.39 is 0 Å². The summed E-state index contributed by atoms with van der Waals surface area (Å²) in [5.41, 5.74) is 7.31. The highest BCUT2D eigenvalue weighted by Gasteiger charge is 2.15. The van der Waals surface area contributed by atoms with Crippen LogP contribution in [-0.2, 0) is 4.74 Å². The third-order valence-corrected chi connectivity index (χ3v) is 2.75. The average molecular weight is 252 g/mol. The van der Waals surface area contributed by atoms with Gasteiger partial charge in [0.1, 0.15) is 5.75 Å². The maximum Gasteiger partial charge on any atom is 0.144 e. The summed E-state index contributed by atoms with van der Waals surface area (Å²) in [6.45, 7) is 7.54. The first kappa shape index (κ1) is 14.6. The Kier molecular flexibility index (Phi) is 5.28. The first-order chi connectivity index (χ1) is 8.48. The predicted molar refractivity (Wildman–Crippen MR) is 76.2 cm³/mol. The second-order valence-electron chi connectivity index (χ2n) is 4.92. The minimum atomic E-state index is -0.203. The van der Waals surface area contributed by atoms with E-state index in [0.717, 1.165) is 24.4 Å². The van der Waals surface area contributed by atoms with Gasteiger partial charge in [0.2, 0.25) is 0 Å². The lowest BCUT2D eigenvalue weighted by atomic mass is 10.1. The molecule has 0 unspecified atom stereocenters. The number of ether oxygens (including phenoxy) is 2. The molecule has 0 saturated carbocycles. The highest BCUT2D eigenvalue weighted by molar-refractivity contribution is 5.61. The van der Waals surface area contributed by atoms with Crippen molar-refractivity contribution in [2.75, 3.05) is 31.3 Å². The maximum atomic E-state index is 5.86. The van der Waals surface area contributed by atoms with Crippen LogP contribution in [0, 0.1) is 0 Å². The molecule has 0 radical (unpaired) electrons. The molecule has 102 valence electrons. The van der Waals surface area contributed by atoms with Gasteiger partial charge >= 0.3 is 0 Å². The molecule has 3 N–H and O–H groups in total. The van der Waals surface area contributed by atoms with Crippen molar-refractivity contribution in [3.8, 4) is 5.75 Å². The molecular weight excluding hydrogens is 228 g/mol. The number of rotatable bonds is 7. The largest absolute Gasteiger partial charge is 0.491 e. The smallest absolute Gasteiger partial charge is 0.144 e. The van der Waals surface area contributed by atoms with Crippen LogP contribution in [0.25, 0.3) is 0 Å². The van der Waals surface area contributed by atoms with Crippen LogP contribution < -0.4 is 15.8 Å². The normalized spacial score (nSPS) is 11.3. The van der Waals surface area contributed by atoms with E-state index in [1.807, 2.05) is 32.0 Å². The van der Waals surface area contributed by atoms with Crippen LogP contribution in [0.3, 0.4) is 0 Å². The number of hydrogen-bond donors (Lipinski definition) is 2. The number of benzene rings is 1. The number of nitrogen functional groups attached to an aromatic ring is 1. The standard InChI is InChI=1S/C14H24N2O2/c1-5-8-18-13-9-11(6-7-12(13)15)16-10-14(2,3)17-4/h6-7,9,16H,5,8,10,15H2,1-4H3. The van der Waals surface area contributed by atoms with Crippen molar-refractivity contribution in [3.05, 3.63) is 18.2 Å². The third-order valence-electron chi connectivity index (χ3n) is 2.75. The van der Waals surface area contributed by atoms with E-state index in [2.05, 4.69) is 12.2 Å². The first-order valence-corrected chi connectivity index (χ1v) is 6.30. The molecule has 0 aliphatic carbocycles. The molecule has 4 nitrogen and oxygen atoms in total. The van der Waals surface area contributed by atoms with Gasteiger partial charge in [0.25, 0.3) is 0 Å². The Bertz CT molecular complexity index is 378. The van der Waals surface area contributed by atoms with Gasteiger partial charge in [-0.25, -0.2) is 0 Å². The van der Waals surface area contributed by atoms with Gasteiger partial charge in [0.15, 0.2) is 0 Å². The Morgan fingerprint density at radius 2 is 2.06 bits per heavy atom. The summed E-state index contributed by atoms with van der Waals surface area (Å²) in [5, 5.41) is 3.32. The van der Waals surface area contributed by atoms with Crippen LogP contribution in [0.4, 0.5) is 11.4 Å². The molecule has 0 amide bonds. The van der Waals surface area contributed by atoms with E-state index in [1.165, 1.54) is 0 Å². The number of methoxy groups -OCH3 is 1. The van der Waals surface area contributed by atoms with Gasteiger partial charge in [-0.1, -0.05) is 6.92 Å². The van der Waals surface area contributed by atoms with E-state index in [4.69, 9.17) is 15.2 Å². The van der Waals surface area contributed by atoms with Crippen molar-refractivity contribution >= 4 is 11.4 Å². The summed E-state index contributed by atoms with van der Waals surface area (Å²) in [7, 11) is 1.71. The fourth-order valence-electron chi connectivity index (χ4n) is 1.37. The fraction of sp³-hybridized carbons (Fsp3) is 0.571. The quantitative estimate of drug-likeness (QED) is 0.733. The zero-order chi connectivity index (χ0) is 13.6. The van der Waals surface area contributed by atoms with Crippen LogP contribution >= 0.6 is 0 Å². The second kappa shape index (κ2) is 6.50. The van der Waals surface area contributed by atoms with Crippen LogP contribution in [-0.4, -0.2) is 25.9 Å². The molecule has 0 saturated heterocycles. The van der Waals surface area contributed by atoms with Gasteiger partial charge in [-0.15, -0.1) is 0 Å². The molecule has 0 spiro atoms. The molecule has 0 aromatic heterocycles. The van der Waals surface area contributed by atoms with E-state index in [1.54, 1.807) is 7.11 Å². The van der Waals surface area contributed by atoms with Crippen LogP contribution in [0.1, 0.15) is 27.2 Å². The summed E-state index contributed by atoms with van der Waals surface area (Å²) in [6.07, 6.45) is 0.966. The van der Waals surface area contributed by atoms with Gasteiger partial charge in [-0.2, -0.15) is 0 Å². The highest BCUT2D eigenvalue weighted by Crippen LogP contribution is 2.26. The van der Waals surface area contributed by atoms with Gasteiger partial charge in [0, 0.05) is 25.4 Å². The molecule has 18 heavy (non-hydrogen) atoms. The molecular formula is C14H24N2O2. The van der Waals surface area contributed by atoms with Crippen LogP contribution in [0.5, 0.6) is 5.75 Å². The van der Waals surface area contributed by atoms with Gasteiger partial charge in [-0.05, 0) is 32.4 Å². The van der Waals surface area contributed by atoms with Crippen LogP contribution in [0.2, 0.25) is 0 Å². The van der Waals surface area contributed by atoms with Crippen molar-refractivity contribution in [2.45, 2.75) is 32.8 Å². The Morgan fingerprint density at radius 3 is 2.67 bits per heavy atom. The molecule has 0 atom stereocenters. The Balaban J connectivity index is 2.67. The molecule has 0 heterocycles. The molecule has 1 aromatic carbocycles. The molecule has 0 aliphatic rings. The second-order valence-corrected chi connectivity index (χ2v) is 4.92. The molecule has 1 rings (SSSR count). The molecule has 1 aromatic rings. The number of anilines is 2. The Morgan fingerprint density at radius 1 is 1.33 bits per heavy atom. The van der Waals surface area contributed by atoms with Gasteiger partial charge in [-0.3, -0.25) is 0 Å². The lowest BCUT2D eigenvalue weighted by Gasteiger charge is -2.24. The van der Waals surface area contributed by atoms with Crippen molar-refractivity contribution < 1.29 is 9.47 Å². The maximum absolute atomic E-state index is 5.86. The summed E-state index contributed by atoms with van der Waals surface area (Å²) >= 11 is 0. The van der Waals surface area contributed by atoms with Crippen molar-refractivity contribution in [3.63, 3.8) is 0 Å². The third kappa shape index (κ3) is 4.45. The molecule has 0 fully saturated rings. The summed E-state index contributed by atoms with van der Waals surface area (Å²) < 4.78 is 10.9. The molecule has 4 heteroatoms. The van der Waals surface area contributed by atoms with Crippen molar-refractivity contribution in [1.82, 2.24) is 0 Å². The van der Waals surface area contributed by atoms with Gasteiger partial charge < -0.3 is 20.5 Å². The minimum absolute atomic E-state index is 0.203. The predicted octanol–water partition coefficient (Wildman–Crippen LogP) is 2.89. The molecule has 0 bridgehead atoms. The van der Waals surface area contributed by atoms with Gasteiger partial charge in [0.05, 0.1) is 17.9 Å². The first-order valence-electron chi connectivity index (χ1n) is 6.30. The summed E-state index contributed by atoms with van der Waals surface area (Å²) in [5.74, 6) is 0.733. The zero-order valence-corrected chi connectivity index (χ0v) is 11.7. The monoisotopic (exact) mass is 252 g/mol. The highest BCUT2D eigenvalue weighted by atomic mass is 16.5. The minimum Gasteiger partial charge on any atom is -0.491 e. The van der Waals surface area contributed by atoms with E-state index in [9.17, 15) is 0 Å². The fourth-order valence-corrected chi connectivity index (χ4v) is 1.37. The molecule has 0 aliphatic heterocycles. The SMILES string of the molecule is CCCOc1cc(NCC(C)(C)OC)ccc1N. The number of nitrogens with two attached hydrogens (primary N) is 1. The van der Waals surface area contributed by atoms with Crippen LogP contribution in [0.15, 0.2) is 18.2 Å². The van der Waals surface area contributed by atoms with E-state index >= 15 is 0 Å². The topological polar surface area (TPSA) is 56.5 Å². The summed E-state index contributed by atoms with van der Waals surface area (Å²) in [4.78, 5) is 0. The van der Waals surface area contributed by atoms with E-state index in [0.29, 0.717) is 12.3 Å².